The molecular weight excluding hydrogens is 262 g/mol. The van der Waals surface area contributed by atoms with E-state index in [9.17, 15) is 9.59 Å². The van der Waals surface area contributed by atoms with Gasteiger partial charge in [-0.3, -0.25) is 4.79 Å². The minimum absolute atomic E-state index is 0.115. The third kappa shape index (κ3) is 5.61. The van der Waals surface area contributed by atoms with Crippen LogP contribution in [0.15, 0.2) is 30.3 Å². The molecule has 1 amide bonds. The van der Waals surface area contributed by atoms with Crippen LogP contribution in [0.25, 0.3) is 6.08 Å². The Labute approximate surface area is 116 Å². The number of rotatable bonds is 6. The highest BCUT2D eigenvalue weighted by molar-refractivity contribution is 7.98. The van der Waals surface area contributed by atoms with E-state index in [-0.39, 0.29) is 11.9 Å². The zero-order valence-corrected chi connectivity index (χ0v) is 11.7. The lowest BCUT2D eigenvalue weighted by Gasteiger charge is -2.12. The number of carbonyl (C=O) groups is 2. The molecule has 1 rings (SSSR count). The summed E-state index contributed by atoms with van der Waals surface area (Å²) in [6, 6.07) is 6.92. The molecule has 1 aromatic carbocycles. The Morgan fingerprint density at radius 2 is 2.00 bits per heavy atom. The number of carbonyl (C=O) groups excluding carboxylic acids is 1. The average molecular weight is 279 g/mol. The maximum atomic E-state index is 11.9. The number of nitrogens with one attached hydrogen (secondary N) is 1. The van der Waals surface area contributed by atoms with E-state index in [0.29, 0.717) is 5.56 Å². The highest BCUT2D eigenvalue weighted by Gasteiger charge is 2.08. The van der Waals surface area contributed by atoms with Gasteiger partial charge in [-0.05, 0) is 37.0 Å². The van der Waals surface area contributed by atoms with Crippen LogP contribution in [0.2, 0.25) is 0 Å². The number of carboxylic acid groups (broad SMARTS) is 1. The van der Waals surface area contributed by atoms with E-state index in [4.69, 9.17) is 5.11 Å². The van der Waals surface area contributed by atoms with Crippen LogP contribution in [0.1, 0.15) is 22.8 Å². The van der Waals surface area contributed by atoms with E-state index in [1.54, 1.807) is 36.0 Å². The first-order valence-electron chi connectivity index (χ1n) is 5.84. The second kappa shape index (κ2) is 7.63. The third-order valence-corrected chi connectivity index (χ3v) is 3.22. The topological polar surface area (TPSA) is 66.4 Å². The van der Waals surface area contributed by atoms with Gasteiger partial charge in [0.2, 0.25) is 0 Å². The van der Waals surface area contributed by atoms with Crippen molar-refractivity contribution in [3.05, 3.63) is 41.5 Å². The van der Waals surface area contributed by atoms with Gasteiger partial charge >= 0.3 is 5.97 Å². The van der Waals surface area contributed by atoms with Crippen molar-refractivity contribution in [2.45, 2.75) is 13.0 Å². The molecule has 0 spiro atoms. The smallest absolute Gasteiger partial charge is 0.328 e. The second-order valence-corrected chi connectivity index (χ2v) is 5.03. The van der Waals surface area contributed by atoms with Crippen LogP contribution in [-0.2, 0) is 4.79 Å². The molecule has 0 saturated carbocycles. The van der Waals surface area contributed by atoms with Crippen molar-refractivity contribution >= 4 is 29.7 Å². The first kappa shape index (κ1) is 15.3. The summed E-state index contributed by atoms with van der Waals surface area (Å²) in [6.45, 7) is 1.96. The highest BCUT2D eigenvalue weighted by atomic mass is 32.2. The predicted octanol–water partition coefficient (Wildman–Crippen LogP) is 2.27. The van der Waals surface area contributed by atoms with Gasteiger partial charge in [-0.15, -0.1) is 0 Å². The van der Waals surface area contributed by atoms with E-state index in [1.165, 1.54) is 6.08 Å². The van der Waals surface area contributed by atoms with E-state index in [1.807, 2.05) is 13.2 Å². The average Bonchev–Trinajstić information content (AvgIpc) is 2.37. The Morgan fingerprint density at radius 3 is 2.53 bits per heavy atom. The van der Waals surface area contributed by atoms with Crippen molar-refractivity contribution in [3.8, 4) is 0 Å². The molecule has 0 aliphatic rings. The van der Waals surface area contributed by atoms with Gasteiger partial charge in [0.05, 0.1) is 0 Å². The van der Waals surface area contributed by atoms with Crippen LogP contribution in [0.3, 0.4) is 0 Å². The molecule has 0 fully saturated rings. The van der Waals surface area contributed by atoms with Crippen LogP contribution in [0.4, 0.5) is 0 Å². The fourth-order valence-electron chi connectivity index (χ4n) is 1.51. The molecular formula is C14H17NO3S. The summed E-state index contributed by atoms with van der Waals surface area (Å²) in [5.74, 6) is -0.242. The maximum Gasteiger partial charge on any atom is 0.328 e. The van der Waals surface area contributed by atoms with Crippen molar-refractivity contribution in [3.63, 3.8) is 0 Å². The molecule has 19 heavy (non-hydrogen) atoms. The van der Waals surface area contributed by atoms with Crippen molar-refractivity contribution in [1.82, 2.24) is 5.32 Å². The number of carboxylic acids is 1. The lowest BCUT2D eigenvalue weighted by Crippen LogP contribution is -2.34. The Hall–Kier alpha value is -1.75. The van der Waals surface area contributed by atoms with Crippen molar-refractivity contribution in [2.24, 2.45) is 0 Å². The molecule has 0 saturated heterocycles. The van der Waals surface area contributed by atoms with Crippen LogP contribution in [-0.4, -0.2) is 35.0 Å². The van der Waals surface area contributed by atoms with Gasteiger partial charge < -0.3 is 10.4 Å². The Bertz CT molecular complexity index is 468. The van der Waals surface area contributed by atoms with E-state index in [2.05, 4.69) is 5.32 Å². The summed E-state index contributed by atoms with van der Waals surface area (Å²) in [5, 5.41) is 11.4. The molecule has 1 aromatic rings. The summed E-state index contributed by atoms with van der Waals surface area (Å²) in [4.78, 5) is 22.3. The number of hydrogen-bond donors (Lipinski definition) is 2. The molecule has 1 unspecified atom stereocenters. The van der Waals surface area contributed by atoms with Crippen molar-refractivity contribution in [1.29, 1.82) is 0 Å². The Morgan fingerprint density at radius 1 is 1.37 bits per heavy atom. The van der Waals surface area contributed by atoms with Crippen LogP contribution < -0.4 is 5.32 Å². The van der Waals surface area contributed by atoms with E-state index in [0.717, 1.165) is 17.4 Å². The zero-order valence-electron chi connectivity index (χ0n) is 10.9. The normalized spacial score (nSPS) is 12.3. The molecule has 2 N–H and O–H groups in total. The number of aliphatic carboxylic acids is 1. The summed E-state index contributed by atoms with van der Waals surface area (Å²) < 4.78 is 0. The molecule has 0 aliphatic heterocycles. The molecule has 0 heterocycles. The molecule has 5 heteroatoms. The quantitative estimate of drug-likeness (QED) is 0.784. The molecule has 0 aromatic heterocycles. The molecule has 0 radical (unpaired) electrons. The van der Waals surface area contributed by atoms with Crippen LogP contribution >= 0.6 is 11.8 Å². The van der Waals surface area contributed by atoms with Gasteiger partial charge in [0.15, 0.2) is 0 Å². The fourth-order valence-corrected chi connectivity index (χ4v) is 2.10. The summed E-state index contributed by atoms with van der Waals surface area (Å²) in [6.07, 6.45) is 4.54. The fraction of sp³-hybridized carbons (Fsp3) is 0.286. The van der Waals surface area contributed by atoms with Gasteiger partial charge in [-0.1, -0.05) is 12.1 Å². The zero-order chi connectivity index (χ0) is 14.3. The first-order valence-corrected chi connectivity index (χ1v) is 7.23. The molecule has 0 aliphatic carbocycles. The standard InChI is InChI=1S/C14H17NO3S/c1-10(9-19-2)15-14(18)12-6-3-11(4-7-12)5-8-13(16)17/h3-8,10H,9H2,1-2H3,(H,15,18)(H,16,17)/b8-5+. The monoisotopic (exact) mass is 279 g/mol. The van der Waals surface area contributed by atoms with Gasteiger partial charge in [0, 0.05) is 23.4 Å². The van der Waals surface area contributed by atoms with Crippen LogP contribution in [0.5, 0.6) is 0 Å². The largest absolute Gasteiger partial charge is 0.478 e. The van der Waals surface area contributed by atoms with Gasteiger partial charge in [-0.25, -0.2) is 4.79 Å². The first-order chi connectivity index (χ1) is 9.02. The highest BCUT2D eigenvalue weighted by Crippen LogP contribution is 2.07. The third-order valence-electron chi connectivity index (χ3n) is 2.39. The summed E-state index contributed by atoms with van der Waals surface area (Å²) in [7, 11) is 0. The van der Waals surface area contributed by atoms with Crippen molar-refractivity contribution < 1.29 is 14.7 Å². The molecule has 0 bridgehead atoms. The summed E-state index contributed by atoms with van der Waals surface area (Å²) in [5.41, 5.74) is 1.32. The Kier molecular flexibility index (Phi) is 6.15. The lowest BCUT2D eigenvalue weighted by molar-refractivity contribution is -0.131. The van der Waals surface area contributed by atoms with Gasteiger partial charge in [0.25, 0.3) is 5.91 Å². The minimum atomic E-state index is -0.993. The summed E-state index contributed by atoms with van der Waals surface area (Å²) >= 11 is 1.68. The SMILES string of the molecule is CSCC(C)NC(=O)c1ccc(/C=C/C(=O)O)cc1. The van der Waals surface area contributed by atoms with E-state index < -0.39 is 5.97 Å². The molecule has 4 nitrogen and oxygen atoms in total. The number of amides is 1. The molecule has 102 valence electrons. The van der Waals surface area contributed by atoms with Crippen LogP contribution in [0, 0.1) is 0 Å². The van der Waals surface area contributed by atoms with Crippen molar-refractivity contribution in [2.75, 3.05) is 12.0 Å². The molecule has 1 atom stereocenters. The maximum absolute atomic E-state index is 11.9. The van der Waals surface area contributed by atoms with Gasteiger partial charge in [-0.2, -0.15) is 11.8 Å². The number of benzene rings is 1. The second-order valence-electron chi connectivity index (χ2n) is 4.12. The van der Waals surface area contributed by atoms with Gasteiger partial charge in [0.1, 0.15) is 0 Å². The Balaban J connectivity index is 2.65. The minimum Gasteiger partial charge on any atom is -0.478 e. The number of thioether (sulfide) groups is 1. The van der Waals surface area contributed by atoms with E-state index >= 15 is 0 Å². The predicted molar refractivity (Wildman–Crippen MR) is 78.4 cm³/mol. The lowest BCUT2D eigenvalue weighted by atomic mass is 10.1. The number of hydrogen-bond acceptors (Lipinski definition) is 3.